The van der Waals surface area contributed by atoms with Gasteiger partial charge < -0.3 is 5.73 Å². The molecule has 2 aromatic rings. The summed E-state index contributed by atoms with van der Waals surface area (Å²) in [4.78, 5) is 4.29. The lowest BCUT2D eigenvalue weighted by Gasteiger charge is -2.07. The highest BCUT2D eigenvalue weighted by molar-refractivity contribution is 5.84. The van der Waals surface area contributed by atoms with Crippen LogP contribution in [0.2, 0.25) is 0 Å². The molecule has 0 atom stereocenters. The standard InChI is InChI=1S/C14H14N2/c1-14(2,15)9-8-11-5-3-7-13-12(11)6-4-10-16-13/h3-7,10H,15H2,1-2H3. The van der Waals surface area contributed by atoms with E-state index in [1.165, 1.54) is 0 Å². The van der Waals surface area contributed by atoms with Crippen LogP contribution in [-0.2, 0) is 0 Å². The van der Waals surface area contributed by atoms with Crippen molar-refractivity contribution in [3.63, 3.8) is 0 Å². The zero-order chi connectivity index (χ0) is 11.6. The summed E-state index contributed by atoms with van der Waals surface area (Å²) in [5.74, 6) is 6.14. The third-order valence-electron chi connectivity index (χ3n) is 2.17. The monoisotopic (exact) mass is 210 g/mol. The molecule has 2 N–H and O–H groups in total. The van der Waals surface area contributed by atoms with Crippen molar-refractivity contribution in [1.29, 1.82) is 0 Å². The van der Waals surface area contributed by atoms with Crippen molar-refractivity contribution in [2.24, 2.45) is 5.73 Å². The van der Waals surface area contributed by atoms with E-state index in [1.807, 2.05) is 44.2 Å². The van der Waals surface area contributed by atoms with Crippen LogP contribution in [0.25, 0.3) is 10.9 Å². The second kappa shape index (κ2) is 3.96. The molecule has 2 nitrogen and oxygen atoms in total. The van der Waals surface area contributed by atoms with Gasteiger partial charge in [0.1, 0.15) is 0 Å². The summed E-state index contributed by atoms with van der Waals surface area (Å²) in [7, 11) is 0. The lowest BCUT2D eigenvalue weighted by atomic mass is 10.1. The van der Waals surface area contributed by atoms with E-state index in [0.717, 1.165) is 16.5 Å². The Morgan fingerprint density at radius 1 is 1.19 bits per heavy atom. The predicted octanol–water partition coefficient (Wildman–Crippen LogP) is 2.32. The number of benzene rings is 1. The average Bonchev–Trinajstić information content (AvgIpc) is 2.25. The summed E-state index contributed by atoms with van der Waals surface area (Å²) < 4.78 is 0. The molecule has 0 bridgehead atoms. The lowest BCUT2D eigenvalue weighted by Crippen LogP contribution is -2.29. The largest absolute Gasteiger partial charge is 0.316 e. The van der Waals surface area contributed by atoms with E-state index < -0.39 is 5.54 Å². The minimum absolute atomic E-state index is 0.468. The van der Waals surface area contributed by atoms with Crippen LogP contribution in [0.5, 0.6) is 0 Å². The highest BCUT2D eigenvalue weighted by Crippen LogP contribution is 2.15. The van der Waals surface area contributed by atoms with Gasteiger partial charge in [-0.15, -0.1) is 0 Å². The van der Waals surface area contributed by atoms with Crippen LogP contribution in [0.3, 0.4) is 0 Å². The quantitative estimate of drug-likeness (QED) is 0.678. The number of hydrogen-bond donors (Lipinski definition) is 1. The highest BCUT2D eigenvalue weighted by atomic mass is 14.7. The maximum absolute atomic E-state index is 5.84. The van der Waals surface area contributed by atoms with Gasteiger partial charge in [-0.1, -0.05) is 24.0 Å². The van der Waals surface area contributed by atoms with Crippen molar-refractivity contribution in [2.45, 2.75) is 19.4 Å². The number of fused-ring (bicyclic) bond motifs is 1. The number of nitrogens with two attached hydrogens (primary N) is 1. The molecular formula is C14H14N2. The molecule has 1 aromatic heterocycles. The first-order chi connectivity index (χ1) is 7.56. The topological polar surface area (TPSA) is 38.9 Å². The van der Waals surface area contributed by atoms with Crippen molar-refractivity contribution in [1.82, 2.24) is 4.98 Å². The van der Waals surface area contributed by atoms with E-state index in [4.69, 9.17) is 5.73 Å². The van der Waals surface area contributed by atoms with Crippen LogP contribution in [-0.4, -0.2) is 10.5 Å². The molecule has 16 heavy (non-hydrogen) atoms. The molecule has 0 radical (unpaired) electrons. The van der Waals surface area contributed by atoms with Crippen LogP contribution in [0, 0.1) is 11.8 Å². The van der Waals surface area contributed by atoms with Gasteiger partial charge in [0.05, 0.1) is 11.1 Å². The third-order valence-corrected chi connectivity index (χ3v) is 2.17. The van der Waals surface area contributed by atoms with E-state index in [-0.39, 0.29) is 0 Å². The van der Waals surface area contributed by atoms with Crippen LogP contribution in [0.4, 0.5) is 0 Å². The molecule has 0 amide bonds. The average molecular weight is 210 g/mol. The third kappa shape index (κ3) is 2.39. The summed E-state index contributed by atoms with van der Waals surface area (Å²) >= 11 is 0. The Kier molecular flexibility index (Phi) is 2.64. The van der Waals surface area contributed by atoms with Crippen LogP contribution in [0.15, 0.2) is 36.5 Å². The van der Waals surface area contributed by atoms with Crippen molar-refractivity contribution in [3.05, 3.63) is 42.1 Å². The fourth-order valence-corrected chi connectivity index (χ4v) is 1.44. The van der Waals surface area contributed by atoms with Crippen LogP contribution >= 0.6 is 0 Å². The highest BCUT2D eigenvalue weighted by Gasteiger charge is 2.04. The summed E-state index contributed by atoms with van der Waals surface area (Å²) in [6.45, 7) is 3.78. The van der Waals surface area contributed by atoms with E-state index in [2.05, 4.69) is 16.8 Å². The van der Waals surface area contributed by atoms with Gasteiger partial charge in [-0.3, -0.25) is 4.98 Å². The Morgan fingerprint density at radius 2 is 2.00 bits per heavy atom. The molecule has 0 saturated heterocycles. The van der Waals surface area contributed by atoms with Crippen molar-refractivity contribution >= 4 is 10.9 Å². The summed E-state index contributed by atoms with van der Waals surface area (Å²) in [6, 6.07) is 9.87. The lowest BCUT2D eigenvalue weighted by molar-refractivity contribution is 0.680. The molecule has 0 spiro atoms. The maximum atomic E-state index is 5.84. The molecule has 0 aliphatic heterocycles. The summed E-state index contributed by atoms with van der Waals surface area (Å²) in [6.07, 6.45) is 1.78. The molecule has 1 heterocycles. The SMILES string of the molecule is CC(C)(N)C#Cc1cccc2ncccc12. The van der Waals surface area contributed by atoms with Gasteiger partial charge in [0, 0.05) is 17.1 Å². The zero-order valence-corrected chi connectivity index (χ0v) is 9.49. The Labute approximate surface area is 95.5 Å². The molecule has 0 aliphatic rings. The van der Waals surface area contributed by atoms with Gasteiger partial charge in [-0.25, -0.2) is 0 Å². The van der Waals surface area contributed by atoms with Gasteiger partial charge in [-0.2, -0.15) is 0 Å². The number of pyridine rings is 1. The molecule has 2 rings (SSSR count). The van der Waals surface area contributed by atoms with Gasteiger partial charge in [0.2, 0.25) is 0 Å². The van der Waals surface area contributed by atoms with E-state index in [1.54, 1.807) is 6.20 Å². The summed E-state index contributed by atoms with van der Waals surface area (Å²) in [5, 5.41) is 1.07. The van der Waals surface area contributed by atoms with Crippen molar-refractivity contribution < 1.29 is 0 Å². The minimum Gasteiger partial charge on any atom is -0.316 e. The molecule has 0 saturated carbocycles. The van der Waals surface area contributed by atoms with Crippen molar-refractivity contribution in [3.8, 4) is 11.8 Å². The van der Waals surface area contributed by atoms with Gasteiger partial charge in [0.25, 0.3) is 0 Å². The smallest absolute Gasteiger partial charge is 0.0722 e. The second-order valence-electron chi connectivity index (χ2n) is 4.35. The number of hydrogen-bond acceptors (Lipinski definition) is 2. The van der Waals surface area contributed by atoms with E-state index in [0.29, 0.717) is 0 Å². The molecule has 0 unspecified atom stereocenters. The van der Waals surface area contributed by atoms with Gasteiger partial charge >= 0.3 is 0 Å². The molecule has 0 aliphatic carbocycles. The predicted molar refractivity (Wildman–Crippen MR) is 66.9 cm³/mol. The Bertz CT molecular complexity index is 563. The van der Waals surface area contributed by atoms with Gasteiger partial charge in [-0.05, 0) is 32.0 Å². The number of rotatable bonds is 0. The number of aromatic nitrogens is 1. The molecule has 1 aromatic carbocycles. The van der Waals surface area contributed by atoms with Crippen LogP contribution < -0.4 is 5.73 Å². The molecule has 2 heteroatoms. The summed E-state index contributed by atoms with van der Waals surface area (Å²) in [5.41, 5.74) is 7.31. The first-order valence-corrected chi connectivity index (χ1v) is 5.22. The first kappa shape index (κ1) is 10.7. The first-order valence-electron chi connectivity index (χ1n) is 5.22. The second-order valence-corrected chi connectivity index (χ2v) is 4.35. The Hall–Kier alpha value is -1.85. The fourth-order valence-electron chi connectivity index (χ4n) is 1.44. The molecule has 0 fully saturated rings. The van der Waals surface area contributed by atoms with E-state index >= 15 is 0 Å². The fraction of sp³-hybridized carbons (Fsp3) is 0.214. The zero-order valence-electron chi connectivity index (χ0n) is 9.49. The van der Waals surface area contributed by atoms with Crippen molar-refractivity contribution in [2.75, 3.05) is 0 Å². The minimum atomic E-state index is -0.468. The Balaban J connectivity index is 2.56. The van der Waals surface area contributed by atoms with Gasteiger partial charge in [0.15, 0.2) is 0 Å². The molecular weight excluding hydrogens is 196 g/mol. The number of nitrogens with zero attached hydrogens (tertiary/aromatic N) is 1. The van der Waals surface area contributed by atoms with E-state index in [9.17, 15) is 0 Å². The Morgan fingerprint density at radius 3 is 2.75 bits per heavy atom. The molecule has 80 valence electrons. The van der Waals surface area contributed by atoms with Crippen LogP contribution in [0.1, 0.15) is 19.4 Å². The maximum Gasteiger partial charge on any atom is 0.0722 e. The normalized spacial score (nSPS) is 10.9.